The van der Waals surface area contributed by atoms with Gasteiger partial charge in [-0.25, -0.2) is 4.79 Å². The summed E-state index contributed by atoms with van der Waals surface area (Å²) in [7, 11) is 0. The summed E-state index contributed by atoms with van der Waals surface area (Å²) in [5, 5.41) is 2.78. The van der Waals surface area contributed by atoms with Gasteiger partial charge in [0.05, 0.1) is 0 Å². The molecule has 3 aliphatic rings. The topological polar surface area (TPSA) is 116 Å². The fourth-order valence-corrected chi connectivity index (χ4v) is 4.65. The number of nitrogens with zero attached hydrogens (tertiary/aromatic N) is 3. The Labute approximate surface area is 182 Å². The fraction of sp³-hybridized carbons (Fsp3) is 0.762. The molecule has 0 aromatic heterocycles. The highest BCUT2D eigenvalue weighted by molar-refractivity contribution is 6.08. The van der Waals surface area contributed by atoms with Gasteiger partial charge in [-0.1, -0.05) is 13.3 Å². The molecule has 172 valence electrons. The Morgan fingerprint density at radius 3 is 2.23 bits per heavy atom. The quantitative estimate of drug-likeness (QED) is 0.496. The Balaban J connectivity index is 1.51. The average molecular weight is 437 g/mol. The van der Waals surface area contributed by atoms with Crippen molar-refractivity contribution in [3.8, 4) is 0 Å². The number of nitrogens with one attached hydrogen (secondary N) is 1. The molecule has 1 aliphatic carbocycles. The molecule has 2 saturated heterocycles. The molecule has 1 saturated carbocycles. The first kappa shape index (κ1) is 23.0. The van der Waals surface area contributed by atoms with Crippen molar-refractivity contribution in [3.63, 3.8) is 0 Å². The van der Waals surface area contributed by atoms with Crippen molar-refractivity contribution in [3.05, 3.63) is 0 Å². The van der Waals surface area contributed by atoms with Crippen molar-refractivity contribution < 1.29 is 28.7 Å². The summed E-state index contributed by atoms with van der Waals surface area (Å²) < 4.78 is 5.22. The first-order valence-electron chi connectivity index (χ1n) is 11.0. The van der Waals surface area contributed by atoms with Crippen molar-refractivity contribution in [2.24, 2.45) is 5.92 Å². The van der Waals surface area contributed by atoms with Crippen LogP contribution in [0.2, 0.25) is 0 Å². The minimum absolute atomic E-state index is 0.0407. The Morgan fingerprint density at radius 1 is 1.10 bits per heavy atom. The number of rotatable bonds is 5. The van der Waals surface area contributed by atoms with Crippen LogP contribution in [0.5, 0.6) is 0 Å². The zero-order valence-electron chi connectivity index (χ0n) is 18.5. The molecule has 0 aromatic carbocycles. The number of urea groups is 1. The molecule has 0 aromatic rings. The van der Waals surface area contributed by atoms with E-state index in [1.807, 2.05) is 0 Å². The smallest absolute Gasteiger partial charge is 0.327 e. The molecule has 1 unspecified atom stereocenters. The van der Waals surface area contributed by atoms with Crippen LogP contribution in [-0.4, -0.2) is 88.8 Å². The number of hydrogen-bond acceptors (Lipinski definition) is 6. The van der Waals surface area contributed by atoms with E-state index in [2.05, 4.69) is 12.2 Å². The van der Waals surface area contributed by atoms with Gasteiger partial charge in [-0.2, -0.15) is 0 Å². The predicted octanol–water partition coefficient (Wildman–Crippen LogP) is 0.500. The Bertz CT molecular complexity index is 753. The Morgan fingerprint density at radius 2 is 1.68 bits per heavy atom. The number of imide groups is 1. The summed E-state index contributed by atoms with van der Waals surface area (Å²) in [6.45, 7) is 6.17. The number of ether oxygens (including phenoxy) is 1. The zero-order valence-corrected chi connectivity index (χ0v) is 18.5. The van der Waals surface area contributed by atoms with Crippen LogP contribution in [0.25, 0.3) is 0 Å². The van der Waals surface area contributed by atoms with E-state index in [1.165, 1.54) is 13.8 Å². The van der Waals surface area contributed by atoms with Gasteiger partial charge in [-0.05, 0) is 38.5 Å². The maximum absolute atomic E-state index is 12.9. The standard InChI is InChI=1S/C21H32N4O6/c1-4-16-5-7-21(8-6-16)19(29)25(20(30)22-21)13-17(27)31-14(2)18(28)24-11-9-23(10-12-24)15(3)26/h14,16H,4-13H2,1-3H3,(H,22,30). The minimum Gasteiger partial charge on any atom is -0.451 e. The molecular formula is C21H32N4O6. The number of hydrogen-bond donors (Lipinski definition) is 1. The van der Waals surface area contributed by atoms with Gasteiger partial charge >= 0.3 is 12.0 Å². The van der Waals surface area contributed by atoms with E-state index in [1.54, 1.807) is 9.80 Å². The van der Waals surface area contributed by atoms with Crippen LogP contribution >= 0.6 is 0 Å². The summed E-state index contributed by atoms with van der Waals surface area (Å²) in [5.74, 6) is -1.03. The van der Waals surface area contributed by atoms with Crippen molar-refractivity contribution in [2.45, 2.75) is 64.5 Å². The molecular weight excluding hydrogens is 404 g/mol. The van der Waals surface area contributed by atoms with E-state index >= 15 is 0 Å². The first-order chi connectivity index (χ1) is 14.7. The van der Waals surface area contributed by atoms with Crippen molar-refractivity contribution in [1.82, 2.24) is 20.0 Å². The molecule has 10 nitrogen and oxygen atoms in total. The largest absolute Gasteiger partial charge is 0.451 e. The van der Waals surface area contributed by atoms with Gasteiger partial charge in [-0.3, -0.25) is 24.1 Å². The van der Waals surface area contributed by atoms with Crippen molar-refractivity contribution in [2.75, 3.05) is 32.7 Å². The number of esters is 1. The third kappa shape index (κ3) is 4.83. The molecule has 1 N–H and O–H groups in total. The second-order valence-electron chi connectivity index (χ2n) is 8.72. The molecule has 2 heterocycles. The van der Waals surface area contributed by atoms with E-state index in [0.717, 1.165) is 24.2 Å². The fourth-order valence-electron chi connectivity index (χ4n) is 4.65. The van der Waals surface area contributed by atoms with Crippen LogP contribution in [0, 0.1) is 5.92 Å². The molecule has 0 bridgehead atoms. The SMILES string of the molecule is CCC1CCC2(CC1)NC(=O)N(CC(=O)OC(C)C(=O)N1CCN(C(C)=O)CC1)C2=O. The lowest BCUT2D eigenvalue weighted by Gasteiger charge is -2.35. The second kappa shape index (κ2) is 9.23. The van der Waals surface area contributed by atoms with E-state index in [9.17, 15) is 24.0 Å². The molecule has 3 fully saturated rings. The third-order valence-corrected chi connectivity index (χ3v) is 6.76. The molecule has 31 heavy (non-hydrogen) atoms. The summed E-state index contributed by atoms with van der Waals surface area (Å²) >= 11 is 0. The highest BCUT2D eigenvalue weighted by atomic mass is 16.5. The van der Waals surface area contributed by atoms with Gasteiger partial charge in [0, 0.05) is 33.1 Å². The van der Waals surface area contributed by atoms with Crippen LogP contribution in [0.3, 0.4) is 0 Å². The van der Waals surface area contributed by atoms with E-state index in [-0.39, 0.29) is 17.7 Å². The summed E-state index contributed by atoms with van der Waals surface area (Å²) in [6, 6.07) is -0.587. The monoisotopic (exact) mass is 436 g/mol. The zero-order chi connectivity index (χ0) is 22.8. The molecule has 5 amide bonds. The number of amides is 5. The Hall–Kier alpha value is -2.65. The van der Waals surface area contributed by atoms with Gasteiger partial charge in [0.15, 0.2) is 6.10 Å². The van der Waals surface area contributed by atoms with Gasteiger partial charge in [-0.15, -0.1) is 0 Å². The van der Waals surface area contributed by atoms with Crippen molar-refractivity contribution in [1.29, 1.82) is 0 Å². The van der Waals surface area contributed by atoms with E-state index in [4.69, 9.17) is 4.74 Å². The number of carbonyl (C=O) groups excluding carboxylic acids is 5. The van der Waals surface area contributed by atoms with Gasteiger partial charge in [0.25, 0.3) is 11.8 Å². The normalized spacial score (nSPS) is 27.3. The summed E-state index contributed by atoms with van der Waals surface area (Å²) in [6.07, 6.45) is 2.88. The summed E-state index contributed by atoms with van der Waals surface area (Å²) in [5.41, 5.74) is -0.916. The molecule has 3 rings (SSSR count). The average Bonchev–Trinajstić information content (AvgIpc) is 2.97. The van der Waals surface area contributed by atoms with Crippen LogP contribution in [0.1, 0.15) is 52.9 Å². The number of carbonyl (C=O) groups is 5. The maximum Gasteiger partial charge on any atom is 0.327 e. The lowest BCUT2D eigenvalue weighted by molar-refractivity contribution is -0.161. The van der Waals surface area contributed by atoms with Crippen LogP contribution in [-0.2, 0) is 23.9 Å². The van der Waals surface area contributed by atoms with Gasteiger partial charge < -0.3 is 19.9 Å². The minimum atomic E-state index is -1.04. The van der Waals surface area contributed by atoms with E-state index < -0.39 is 30.2 Å². The van der Waals surface area contributed by atoms with Crippen LogP contribution in [0.4, 0.5) is 4.79 Å². The first-order valence-corrected chi connectivity index (χ1v) is 11.0. The molecule has 2 aliphatic heterocycles. The molecule has 1 atom stereocenters. The lowest BCUT2D eigenvalue weighted by atomic mass is 9.75. The summed E-state index contributed by atoms with van der Waals surface area (Å²) in [4.78, 5) is 65.7. The van der Waals surface area contributed by atoms with Crippen LogP contribution in [0.15, 0.2) is 0 Å². The third-order valence-electron chi connectivity index (χ3n) is 6.76. The molecule has 10 heteroatoms. The molecule has 0 radical (unpaired) electrons. The molecule has 1 spiro atoms. The van der Waals surface area contributed by atoms with Gasteiger partial charge in [0.2, 0.25) is 5.91 Å². The Kier molecular flexibility index (Phi) is 6.86. The second-order valence-corrected chi connectivity index (χ2v) is 8.72. The maximum atomic E-state index is 12.9. The van der Waals surface area contributed by atoms with Crippen molar-refractivity contribution >= 4 is 29.7 Å². The highest BCUT2D eigenvalue weighted by Gasteiger charge is 2.52. The van der Waals surface area contributed by atoms with Gasteiger partial charge in [0.1, 0.15) is 12.1 Å². The number of piperazine rings is 1. The van der Waals surface area contributed by atoms with Crippen LogP contribution < -0.4 is 5.32 Å². The lowest BCUT2D eigenvalue weighted by Crippen LogP contribution is -2.53. The highest BCUT2D eigenvalue weighted by Crippen LogP contribution is 2.37. The van der Waals surface area contributed by atoms with E-state index in [0.29, 0.717) is 44.9 Å². The predicted molar refractivity (Wildman–Crippen MR) is 110 cm³/mol.